The van der Waals surface area contributed by atoms with Gasteiger partial charge in [0.25, 0.3) is 0 Å². The number of halogens is 5. The highest BCUT2D eigenvalue weighted by molar-refractivity contribution is 9.10. The minimum Gasteiger partial charge on any atom is -0.207 e. The summed E-state index contributed by atoms with van der Waals surface area (Å²) in [5.74, 6) is -0.310. The molecule has 0 aliphatic carbocycles. The van der Waals surface area contributed by atoms with E-state index < -0.39 is 5.38 Å². The molecule has 0 saturated carbocycles. The van der Waals surface area contributed by atoms with Crippen molar-refractivity contribution in [1.29, 1.82) is 0 Å². The monoisotopic (exact) mass is 416 g/mol. The Morgan fingerprint density at radius 1 is 1.18 bits per heavy atom. The third-order valence-corrected chi connectivity index (χ3v) is 6.01. The smallest absolute Gasteiger partial charge is 0.123 e. The first kappa shape index (κ1) is 13.8. The van der Waals surface area contributed by atoms with Crippen LogP contribution in [-0.2, 0) is 0 Å². The molecule has 1 aromatic carbocycles. The number of rotatable bonds is 2. The second-order valence-corrected chi connectivity index (χ2v) is 7.13. The molecular formula is C11H5Br2Cl2FS. The quantitative estimate of drug-likeness (QED) is 0.495. The Kier molecular flexibility index (Phi) is 4.53. The summed E-state index contributed by atoms with van der Waals surface area (Å²) in [6.07, 6.45) is 0. The first-order chi connectivity index (χ1) is 7.99. The molecule has 0 N–H and O–H groups in total. The number of hydrogen-bond acceptors (Lipinski definition) is 1. The summed E-state index contributed by atoms with van der Waals surface area (Å²) in [5, 5.41) is -0.422. The van der Waals surface area contributed by atoms with Crippen molar-refractivity contribution < 1.29 is 4.39 Å². The number of hydrogen-bond donors (Lipinski definition) is 0. The van der Waals surface area contributed by atoms with E-state index >= 15 is 0 Å². The lowest BCUT2D eigenvalue weighted by Crippen LogP contribution is -1.93. The molecule has 0 fully saturated rings. The van der Waals surface area contributed by atoms with E-state index in [0.717, 1.165) is 13.8 Å². The predicted octanol–water partition coefficient (Wildman–Crippen LogP) is 6.39. The summed E-state index contributed by atoms with van der Waals surface area (Å²) >= 11 is 20.3. The molecule has 90 valence electrons. The van der Waals surface area contributed by atoms with Crippen LogP contribution in [0.15, 0.2) is 33.2 Å². The van der Waals surface area contributed by atoms with E-state index in [0.29, 0.717) is 9.90 Å². The largest absolute Gasteiger partial charge is 0.207 e. The highest BCUT2D eigenvalue weighted by atomic mass is 79.9. The van der Waals surface area contributed by atoms with Gasteiger partial charge in [0.05, 0.1) is 5.38 Å². The van der Waals surface area contributed by atoms with E-state index in [1.54, 1.807) is 6.07 Å². The van der Waals surface area contributed by atoms with Crippen LogP contribution in [0.4, 0.5) is 4.39 Å². The zero-order valence-electron chi connectivity index (χ0n) is 8.18. The van der Waals surface area contributed by atoms with Crippen molar-refractivity contribution in [3.8, 4) is 0 Å². The second kappa shape index (κ2) is 5.57. The molecule has 0 aliphatic heterocycles. The van der Waals surface area contributed by atoms with Gasteiger partial charge < -0.3 is 0 Å². The Labute approximate surface area is 129 Å². The first-order valence-corrected chi connectivity index (χ1v) is 7.74. The Morgan fingerprint density at radius 3 is 2.47 bits per heavy atom. The van der Waals surface area contributed by atoms with Crippen molar-refractivity contribution in [1.82, 2.24) is 0 Å². The lowest BCUT2D eigenvalue weighted by molar-refractivity contribution is 0.625. The van der Waals surface area contributed by atoms with E-state index in [-0.39, 0.29) is 5.82 Å². The molecule has 17 heavy (non-hydrogen) atoms. The summed E-state index contributed by atoms with van der Waals surface area (Å²) in [6.45, 7) is 0. The molecule has 1 aromatic heterocycles. The van der Waals surface area contributed by atoms with E-state index in [1.807, 2.05) is 6.07 Å². The molecule has 1 heterocycles. The molecule has 0 spiro atoms. The fraction of sp³-hybridized carbons (Fsp3) is 0.0909. The molecule has 1 atom stereocenters. The van der Waals surface area contributed by atoms with E-state index in [1.165, 1.54) is 23.5 Å². The van der Waals surface area contributed by atoms with Gasteiger partial charge in [0.15, 0.2) is 0 Å². The Hall–Kier alpha value is 0.390. The van der Waals surface area contributed by atoms with E-state index in [9.17, 15) is 4.39 Å². The van der Waals surface area contributed by atoms with Gasteiger partial charge >= 0.3 is 0 Å². The molecule has 0 amide bonds. The zero-order valence-corrected chi connectivity index (χ0v) is 13.7. The predicted molar refractivity (Wildman–Crippen MR) is 78.8 cm³/mol. The molecule has 0 bridgehead atoms. The topological polar surface area (TPSA) is 0 Å². The Balaban J connectivity index is 2.42. The van der Waals surface area contributed by atoms with Crippen molar-refractivity contribution in [3.05, 3.63) is 53.8 Å². The van der Waals surface area contributed by atoms with Crippen LogP contribution in [0, 0.1) is 5.82 Å². The van der Waals surface area contributed by atoms with Crippen LogP contribution in [0.3, 0.4) is 0 Å². The van der Waals surface area contributed by atoms with Crippen LogP contribution < -0.4 is 0 Å². The molecule has 1 unspecified atom stereocenters. The molecule has 2 rings (SSSR count). The van der Waals surface area contributed by atoms with Crippen molar-refractivity contribution >= 4 is 66.4 Å². The summed E-state index contributed by atoms with van der Waals surface area (Å²) in [7, 11) is 0. The van der Waals surface area contributed by atoms with Crippen molar-refractivity contribution in [2.75, 3.05) is 0 Å². The van der Waals surface area contributed by atoms with Gasteiger partial charge in [-0.25, -0.2) is 4.39 Å². The summed E-state index contributed by atoms with van der Waals surface area (Å²) in [5.41, 5.74) is 0.692. The SMILES string of the molecule is Fc1ccc(Br)c(C(Cl)c2cc(Br)c(Cl)s2)c1. The lowest BCUT2D eigenvalue weighted by Gasteiger charge is -2.09. The summed E-state index contributed by atoms with van der Waals surface area (Å²) in [4.78, 5) is 0.870. The summed E-state index contributed by atoms with van der Waals surface area (Å²) < 4.78 is 15.4. The average molecular weight is 419 g/mol. The maximum atomic E-state index is 13.2. The van der Waals surface area contributed by atoms with Gasteiger partial charge in [-0.1, -0.05) is 27.5 Å². The minimum atomic E-state index is -0.422. The molecule has 6 heteroatoms. The van der Waals surface area contributed by atoms with Crippen LogP contribution >= 0.6 is 66.4 Å². The molecule has 0 radical (unpaired) electrons. The van der Waals surface area contributed by atoms with Gasteiger partial charge in [0, 0.05) is 13.8 Å². The molecular weight excluding hydrogens is 414 g/mol. The van der Waals surface area contributed by atoms with E-state index in [2.05, 4.69) is 31.9 Å². The third-order valence-electron chi connectivity index (χ3n) is 2.15. The van der Waals surface area contributed by atoms with Crippen LogP contribution in [-0.4, -0.2) is 0 Å². The highest BCUT2D eigenvalue weighted by Gasteiger charge is 2.18. The summed E-state index contributed by atoms with van der Waals surface area (Å²) in [6, 6.07) is 6.30. The average Bonchev–Trinajstić information content (AvgIpc) is 2.62. The number of thiophene rings is 1. The van der Waals surface area contributed by atoms with Crippen LogP contribution in [0.2, 0.25) is 4.34 Å². The molecule has 0 nitrogen and oxygen atoms in total. The van der Waals surface area contributed by atoms with Crippen molar-refractivity contribution in [2.45, 2.75) is 5.38 Å². The Morgan fingerprint density at radius 2 is 1.88 bits per heavy atom. The van der Waals surface area contributed by atoms with E-state index in [4.69, 9.17) is 23.2 Å². The van der Waals surface area contributed by atoms with Gasteiger partial charge in [0.1, 0.15) is 10.2 Å². The second-order valence-electron chi connectivity index (χ2n) is 3.30. The van der Waals surface area contributed by atoms with Gasteiger partial charge in [-0.2, -0.15) is 0 Å². The van der Waals surface area contributed by atoms with Crippen LogP contribution in [0.5, 0.6) is 0 Å². The zero-order chi connectivity index (χ0) is 12.6. The maximum absolute atomic E-state index is 13.2. The molecule has 2 aromatic rings. The number of benzene rings is 1. The molecule has 0 aliphatic rings. The highest BCUT2D eigenvalue weighted by Crippen LogP contribution is 2.42. The maximum Gasteiger partial charge on any atom is 0.123 e. The van der Waals surface area contributed by atoms with Crippen LogP contribution in [0.1, 0.15) is 15.8 Å². The van der Waals surface area contributed by atoms with Crippen LogP contribution in [0.25, 0.3) is 0 Å². The normalized spacial score (nSPS) is 12.8. The van der Waals surface area contributed by atoms with Crippen molar-refractivity contribution in [2.24, 2.45) is 0 Å². The van der Waals surface area contributed by atoms with Gasteiger partial charge in [-0.15, -0.1) is 22.9 Å². The van der Waals surface area contributed by atoms with Gasteiger partial charge in [-0.05, 0) is 45.8 Å². The van der Waals surface area contributed by atoms with Gasteiger partial charge in [0.2, 0.25) is 0 Å². The molecule has 0 saturated heterocycles. The number of alkyl halides is 1. The van der Waals surface area contributed by atoms with Crippen molar-refractivity contribution in [3.63, 3.8) is 0 Å². The minimum absolute atomic E-state index is 0.310. The Bertz CT molecular complexity index is 537. The first-order valence-electron chi connectivity index (χ1n) is 4.53. The fourth-order valence-electron chi connectivity index (χ4n) is 1.35. The standard InChI is InChI=1S/C11H5Br2Cl2FS/c12-7-2-1-5(16)3-6(7)10(14)9-4-8(13)11(15)17-9/h1-4,10H. The third kappa shape index (κ3) is 3.04. The van der Waals surface area contributed by atoms with Gasteiger partial charge in [-0.3, -0.25) is 0 Å². The fourth-order valence-corrected chi connectivity index (χ4v) is 4.07. The lowest BCUT2D eigenvalue weighted by atomic mass is 10.1.